The summed E-state index contributed by atoms with van der Waals surface area (Å²) in [6, 6.07) is 13.9. The molecule has 35 heavy (non-hydrogen) atoms. The Hall–Kier alpha value is -3.59. The van der Waals surface area contributed by atoms with Crippen LogP contribution in [0.2, 0.25) is 5.02 Å². The van der Waals surface area contributed by atoms with Gasteiger partial charge in [0.1, 0.15) is 11.6 Å². The number of halogens is 5. The molecule has 1 aliphatic rings. The second-order valence-corrected chi connectivity index (χ2v) is 8.30. The number of ketones is 1. The van der Waals surface area contributed by atoms with Crippen LogP contribution in [-0.4, -0.2) is 36.9 Å². The Balaban J connectivity index is 1.30. The first-order chi connectivity index (χ1) is 16.7. The minimum atomic E-state index is -4.48. The zero-order valence-corrected chi connectivity index (χ0v) is 19.2. The molecule has 10 heteroatoms. The molecule has 1 fully saturated rings. The molecule has 0 unspecified atom stereocenters. The van der Waals surface area contributed by atoms with Crippen molar-refractivity contribution in [3.05, 3.63) is 95.0 Å². The van der Waals surface area contributed by atoms with Gasteiger partial charge in [0.2, 0.25) is 0 Å². The maximum atomic E-state index is 13.0. The van der Waals surface area contributed by atoms with E-state index in [2.05, 4.69) is 15.2 Å². The molecule has 4 rings (SSSR count). The summed E-state index contributed by atoms with van der Waals surface area (Å²) in [6.07, 6.45) is -0.773. The first-order valence-electron chi connectivity index (χ1n) is 10.8. The Morgan fingerprint density at radius 2 is 1.60 bits per heavy atom. The number of pyridine rings is 1. The van der Waals surface area contributed by atoms with E-state index in [1.54, 1.807) is 0 Å². The van der Waals surface area contributed by atoms with Crippen molar-refractivity contribution in [2.75, 3.05) is 41.3 Å². The Morgan fingerprint density at radius 3 is 2.20 bits per heavy atom. The number of nitrogens with one attached hydrogen (secondary N) is 1. The molecule has 0 saturated carbocycles. The van der Waals surface area contributed by atoms with Gasteiger partial charge in [-0.1, -0.05) is 11.6 Å². The first-order valence-corrected chi connectivity index (χ1v) is 11.1. The van der Waals surface area contributed by atoms with Crippen LogP contribution < -0.4 is 15.1 Å². The van der Waals surface area contributed by atoms with Crippen LogP contribution in [0.3, 0.4) is 0 Å². The van der Waals surface area contributed by atoms with E-state index in [1.165, 1.54) is 36.5 Å². The predicted octanol–water partition coefficient (Wildman–Crippen LogP) is 6.03. The molecule has 0 amide bonds. The van der Waals surface area contributed by atoms with Gasteiger partial charge in [-0.2, -0.15) is 13.2 Å². The first kappa shape index (κ1) is 24.5. The predicted molar refractivity (Wildman–Crippen MR) is 129 cm³/mol. The van der Waals surface area contributed by atoms with Gasteiger partial charge >= 0.3 is 6.18 Å². The summed E-state index contributed by atoms with van der Waals surface area (Å²) in [6.45, 7) is 2.43. The molecular formula is C25H21ClF4N4O. The van der Waals surface area contributed by atoms with Crippen LogP contribution in [0.4, 0.5) is 34.8 Å². The Kier molecular flexibility index (Phi) is 7.25. The van der Waals surface area contributed by atoms with Crippen LogP contribution in [0.1, 0.15) is 15.9 Å². The zero-order chi connectivity index (χ0) is 25.0. The number of piperazine rings is 1. The van der Waals surface area contributed by atoms with Crippen molar-refractivity contribution in [3.8, 4) is 0 Å². The second-order valence-electron chi connectivity index (χ2n) is 7.90. The lowest BCUT2D eigenvalue weighted by Crippen LogP contribution is -2.47. The van der Waals surface area contributed by atoms with E-state index in [4.69, 9.17) is 11.6 Å². The monoisotopic (exact) mass is 504 g/mol. The van der Waals surface area contributed by atoms with E-state index in [1.807, 2.05) is 29.2 Å². The third-order valence-corrected chi connectivity index (χ3v) is 5.85. The molecule has 0 atom stereocenters. The average molecular weight is 505 g/mol. The molecular weight excluding hydrogens is 484 g/mol. The highest BCUT2D eigenvalue weighted by atomic mass is 35.5. The summed E-state index contributed by atoms with van der Waals surface area (Å²) in [7, 11) is 0. The van der Waals surface area contributed by atoms with Crippen molar-refractivity contribution < 1.29 is 22.4 Å². The molecule has 3 aromatic rings. The van der Waals surface area contributed by atoms with E-state index in [0.29, 0.717) is 37.6 Å². The van der Waals surface area contributed by atoms with Crippen molar-refractivity contribution in [1.29, 1.82) is 0 Å². The van der Waals surface area contributed by atoms with Crippen molar-refractivity contribution in [1.82, 2.24) is 4.98 Å². The van der Waals surface area contributed by atoms with Crippen LogP contribution in [0.15, 0.2) is 73.1 Å². The smallest absolute Gasteiger partial charge is 0.368 e. The third kappa shape index (κ3) is 6.10. The van der Waals surface area contributed by atoms with Gasteiger partial charge in [-0.3, -0.25) is 4.79 Å². The van der Waals surface area contributed by atoms with E-state index in [-0.39, 0.29) is 10.8 Å². The molecule has 0 radical (unpaired) electrons. The molecule has 1 N–H and O–H groups in total. The number of carbonyl (C=O) groups excluding carboxylic acids is 1. The molecule has 2 heterocycles. The largest absolute Gasteiger partial charge is 0.417 e. The standard InChI is InChI=1S/C25H21ClF4N4O/c26-22-15-18(25(28,29)30)16-32-24(22)34-13-11-33(12-14-34)21-7-5-20(6-8-21)31-10-9-23(35)17-1-3-19(27)4-2-17/h1-10,15-16,31H,11-14H2. The Labute approximate surface area is 204 Å². The SMILES string of the molecule is O=C(C=CNc1ccc(N2CCN(c3ncc(C(F)(F)F)cc3Cl)CC2)cc1)c1ccc(F)cc1. The second kappa shape index (κ2) is 10.4. The summed E-state index contributed by atoms with van der Waals surface area (Å²) in [5, 5.41) is 3.01. The van der Waals surface area contributed by atoms with Gasteiger partial charge in [-0.05, 0) is 54.6 Å². The lowest BCUT2D eigenvalue weighted by atomic mass is 10.1. The summed E-state index contributed by atoms with van der Waals surface area (Å²) in [5.74, 6) is -0.291. The van der Waals surface area contributed by atoms with Crippen molar-refractivity contribution >= 4 is 34.6 Å². The number of rotatable bonds is 6. The van der Waals surface area contributed by atoms with Crippen LogP contribution in [-0.2, 0) is 6.18 Å². The van der Waals surface area contributed by atoms with Gasteiger partial charge in [-0.15, -0.1) is 0 Å². The van der Waals surface area contributed by atoms with E-state index in [9.17, 15) is 22.4 Å². The molecule has 182 valence electrons. The fourth-order valence-corrected chi connectivity index (χ4v) is 3.97. The quantitative estimate of drug-likeness (QED) is 0.252. The molecule has 2 aromatic carbocycles. The third-order valence-electron chi connectivity index (χ3n) is 5.57. The van der Waals surface area contributed by atoms with Gasteiger partial charge in [0.05, 0.1) is 10.6 Å². The summed E-state index contributed by atoms with van der Waals surface area (Å²) in [4.78, 5) is 20.1. The van der Waals surface area contributed by atoms with Crippen LogP contribution in [0.5, 0.6) is 0 Å². The fraction of sp³-hybridized carbons (Fsp3) is 0.200. The van der Waals surface area contributed by atoms with Crippen LogP contribution >= 0.6 is 11.6 Å². The maximum absolute atomic E-state index is 13.0. The molecule has 1 aliphatic heterocycles. The minimum Gasteiger partial charge on any atom is -0.368 e. The molecule has 0 aliphatic carbocycles. The van der Waals surface area contributed by atoms with Gasteiger partial charge in [0.15, 0.2) is 5.78 Å². The van der Waals surface area contributed by atoms with Gasteiger partial charge in [0, 0.05) is 61.6 Å². The Morgan fingerprint density at radius 1 is 0.971 bits per heavy atom. The highest BCUT2D eigenvalue weighted by Gasteiger charge is 2.32. The van der Waals surface area contributed by atoms with Crippen molar-refractivity contribution in [2.24, 2.45) is 0 Å². The number of carbonyl (C=O) groups is 1. The highest BCUT2D eigenvalue weighted by Crippen LogP contribution is 2.34. The lowest BCUT2D eigenvalue weighted by molar-refractivity contribution is -0.137. The lowest BCUT2D eigenvalue weighted by Gasteiger charge is -2.37. The normalized spacial score (nSPS) is 14.4. The molecule has 0 bridgehead atoms. The topological polar surface area (TPSA) is 48.5 Å². The van der Waals surface area contributed by atoms with E-state index < -0.39 is 17.6 Å². The molecule has 1 saturated heterocycles. The fourth-order valence-electron chi connectivity index (χ4n) is 3.69. The van der Waals surface area contributed by atoms with Gasteiger partial charge < -0.3 is 15.1 Å². The van der Waals surface area contributed by atoms with Crippen LogP contribution in [0.25, 0.3) is 0 Å². The Bertz CT molecular complexity index is 1210. The molecule has 5 nitrogen and oxygen atoms in total. The number of nitrogens with zero attached hydrogens (tertiary/aromatic N) is 3. The summed E-state index contributed by atoms with van der Waals surface area (Å²) in [5.41, 5.74) is 1.31. The number of alkyl halides is 3. The number of aromatic nitrogens is 1. The van der Waals surface area contributed by atoms with E-state index >= 15 is 0 Å². The average Bonchev–Trinajstić information content (AvgIpc) is 2.84. The molecule has 1 aromatic heterocycles. The molecule has 0 spiro atoms. The zero-order valence-electron chi connectivity index (χ0n) is 18.4. The number of benzene rings is 2. The minimum absolute atomic E-state index is 0.0188. The van der Waals surface area contributed by atoms with Gasteiger partial charge in [-0.25, -0.2) is 9.37 Å². The number of anilines is 3. The number of allylic oxidation sites excluding steroid dienone is 1. The van der Waals surface area contributed by atoms with E-state index in [0.717, 1.165) is 23.6 Å². The highest BCUT2D eigenvalue weighted by molar-refractivity contribution is 6.33. The number of hydrogen-bond acceptors (Lipinski definition) is 5. The van der Waals surface area contributed by atoms with Gasteiger partial charge in [0.25, 0.3) is 0 Å². The van der Waals surface area contributed by atoms with Crippen molar-refractivity contribution in [2.45, 2.75) is 6.18 Å². The summed E-state index contributed by atoms with van der Waals surface area (Å²) >= 11 is 6.08. The number of hydrogen-bond donors (Lipinski definition) is 1. The summed E-state index contributed by atoms with van der Waals surface area (Å²) < 4.78 is 51.5. The van der Waals surface area contributed by atoms with Crippen LogP contribution in [0, 0.1) is 5.82 Å². The van der Waals surface area contributed by atoms with Crippen molar-refractivity contribution in [3.63, 3.8) is 0 Å². The maximum Gasteiger partial charge on any atom is 0.417 e.